The van der Waals surface area contributed by atoms with Crippen LogP contribution in [0.1, 0.15) is 26.8 Å². The van der Waals surface area contributed by atoms with Crippen LogP contribution in [0.5, 0.6) is 0 Å². The van der Waals surface area contributed by atoms with E-state index in [1.807, 2.05) is 49.1 Å². The third kappa shape index (κ3) is 3.50. The van der Waals surface area contributed by atoms with Crippen LogP contribution in [-0.4, -0.2) is 30.7 Å². The van der Waals surface area contributed by atoms with Gasteiger partial charge in [-0.05, 0) is 26.0 Å². The third-order valence-electron chi connectivity index (χ3n) is 5.24. The van der Waals surface area contributed by atoms with Gasteiger partial charge in [0.1, 0.15) is 12.1 Å². The first kappa shape index (κ1) is 18.6. The molecule has 0 saturated heterocycles. The highest BCUT2D eigenvalue weighted by molar-refractivity contribution is 7.11. The highest BCUT2D eigenvalue weighted by Gasteiger charge is 2.28. The fourth-order valence-electron chi connectivity index (χ4n) is 3.73. The Morgan fingerprint density at radius 1 is 1.17 bits per heavy atom. The van der Waals surface area contributed by atoms with Crippen LogP contribution in [0.15, 0.2) is 42.9 Å². The molecule has 0 fully saturated rings. The zero-order valence-electron chi connectivity index (χ0n) is 16.7. The second-order valence-corrected chi connectivity index (χ2v) is 8.65. The van der Waals surface area contributed by atoms with E-state index in [0.717, 1.165) is 49.2 Å². The molecule has 30 heavy (non-hydrogen) atoms. The summed E-state index contributed by atoms with van der Waals surface area (Å²) in [5.74, 6) is 0.801. The molecule has 3 aromatic heterocycles. The molecule has 0 unspecified atom stereocenters. The molecule has 8 heteroatoms. The molecule has 0 spiro atoms. The number of hydrogen-bond donors (Lipinski definition) is 1. The van der Waals surface area contributed by atoms with Gasteiger partial charge in [-0.1, -0.05) is 18.2 Å². The van der Waals surface area contributed by atoms with Gasteiger partial charge in [0.25, 0.3) is 0 Å². The SMILES string of the molecule is Cc1nc(C)c(CC(=O)N2Cc3ncnc(Nc4cnc5ccccc5c4)c3C2)s1. The minimum Gasteiger partial charge on any atom is -0.339 e. The number of hydrogen-bond acceptors (Lipinski definition) is 7. The second kappa shape index (κ2) is 7.46. The maximum Gasteiger partial charge on any atom is 0.228 e. The number of para-hydroxylation sites is 1. The van der Waals surface area contributed by atoms with Gasteiger partial charge in [0.2, 0.25) is 5.91 Å². The Balaban J connectivity index is 1.35. The molecule has 0 aliphatic carbocycles. The van der Waals surface area contributed by atoms with Crippen LogP contribution in [0.4, 0.5) is 11.5 Å². The van der Waals surface area contributed by atoms with Crippen molar-refractivity contribution in [3.05, 3.63) is 69.7 Å². The normalized spacial score (nSPS) is 12.9. The number of pyridine rings is 1. The molecule has 1 aliphatic rings. The Hall–Kier alpha value is -3.39. The zero-order chi connectivity index (χ0) is 20.7. The van der Waals surface area contributed by atoms with Crippen molar-refractivity contribution in [2.45, 2.75) is 33.4 Å². The number of fused-ring (bicyclic) bond motifs is 2. The summed E-state index contributed by atoms with van der Waals surface area (Å²) < 4.78 is 0. The van der Waals surface area contributed by atoms with Crippen molar-refractivity contribution < 1.29 is 4.79 Å². The van der Waals surface area contributed by atoms with Crippen LogP contribution < -0.4 is 5.32 Å². The van der Waals surface area contributed by atoms with E-state index >= 15 is 0 Å². The van der Waals surface area contributed by atoms with E-state index < -0.39 is 0 Å². The number of aromatic nitrogens is 4. The lowest BCUT2D eigenvalue weighted by Gasteiger charge is -2.15. The maximum atomic E-state index is 12.9. The van der Waals surface area contributed by atoms with Crippen LogP contribution >= 0.6 is 11.3 Å². The molecule has 150 valence electrons. The zero-order valence-corrected chi connectivity index (χ0v) is 17.5. The van der Waals surface area contributed by atoms with Crippen molar-refractivity contribution >= 4 is 39.7 Å². The van der Waals surface area contributed by atoms with Crippen molar-refractivity contribution in [1.82, 2.24) is 24.8 Å². The molecule has 0 radical (unpaired) electrons. The van der Waals surface area contributed by atoms with Crippen LogP contribution in [0.2, 0.25) is 0 Å². The number of carbonyl (C=O) groups excluding carboxylic acids is 1. The van der Waals surface area contributed by atoms with E-state index in [-0.39, 0.29) is 5.91 Å². The summed E-state index contributed by atoms with van der Waals surface area (Å²) in [5, 5.41) is 5.40. The summed E-state index contributed by atoms with van der Waals surface area (Å²) in [4.78, 5) is 33.5. The van der Waals surface area contributed by atoms with Gasteiger partial charge in [-0.3, -0.25) is 9.78 Å². The van der Waals surface area contributed by atoms with E-state index in [9.17, 15) is 4.79 Å². The Kier molecular flexibility index (Phi) is 4.63. The van der Waals surface area contributed by atoms with Gasteiger partial charge in [0, 0.05) is 15.8 Å². The molecule has 1 amide bonds. The Morgan fingerprint density at radius 2 is 2.03 bits per heavy atom. The Morgan fingerprint density at radius 3 is 2.87 bits per heavy atom. The highest BCUT2D eigenvalue weighted by Crippen LogP contribution is 2.30. The predicted octanol–water partition coefficient (Wildman–Crippen LogP) is 3.93. The summed E-state index contributed by atoms with van der Waals surface area (Å²) in [6, 6.07) is 10.0. The van der Waals surface area contributed by atoms with E-state index in [1.54, 1.807) is 23.9 Å². The smallest absolute Gasteiger partial charge is 0.228 e. The third-order valence-corrected chi connectivity index (χ3v) is 6.31. The van der Waals surface area contributed by atoms with Gasteiger partial charge in [-0.15, -0.1) is 11.3 Å². The molecule has 1 N–H and O–H groups in total. The molecule has 1 aromatic carbocycles. The first-order valence-corrected chi connectivity index (χ1v) is 10.5. The summed E-state index contributed by atoms with van der Waals surface area (Å²) in [6.45, 7) is 4.91. The number of benzene rings is 1. The first-order valence-electron chi connectivity index (χ1n) is 9.72. The number of aryl methyl sites for hydroxylation is 2. The van der Waals surface area contributed by atoms with Gasteiger partial charge >= 0.3 is 0 Å². The summed E-state index contributed by atoms with van der Waals surface area (Å²) >= 11 is 1.59. The summed E-state index contributed by atoms with van der Waals surface area (Å²) in [5.41, 5.74) is 4.58. The molecule has 1 aliphatic heterocycles. The maximum absolute atomic E-state index is 12.9. The number of rotatable bonds is 4. The highest BCUT2D eigenvalue weighted by atomic mass is 32.1. The Bertz CT molecular complexity index is 1270. The lowest BCUT2D eigenvalue weighted by atomic mass is 10.2. The predicted molar refractivity (Wildman–Crippen MR) is 117 cm³/mol. The summed E-state index contributed by atoms with van der Waals surface area (Å²) in [7, 11) is 0. The standard InChI is InChI=1S/C22H20N6OS/c1-13-20(30-14(2)26-13)8-21(29)28-10-17-19(11-28)24-12-25-22(17)27-16-7-15-5-3-4-6-18(15)23-9-16/h3-7,9,12H,8,10-11H2,1-2H3,(H,24,25,27). The van der Waals surface area contributed by atoms with E-state index in [4.69, 9.17) is 0 Å². The van der Waals surface area contributed by atoms with Crippen LogP contribution in [-0.2, 0) is 24.3 Å². The van der Waals surface area contributed by atoms with E-state index in [2.05, 4.69) is 25.3 Å². The molecule has 7 nitrogen and oxygen atoms in total. The number of nitrogens with zero attached hydrogens (tertiary/aromatic N) is 5. The fourth-order valence-corrected chi connectivity index (χ4v) is 4.65. The van der Waals surface area contributed by atoms with Crippen LogP contribution in [0, 0.1) is 13.8 Å². The lowest BCUT2D eigenvalue weighted by Crippen LogP contribution is -2.27. The molecular formula is C22H20N6OS. The van der Waals surface area contributed by atoms with Gasteiger partial charge in [-0.2, -0.15) is 0 Å². The minimum atomic E-state index is 0.0815. The van der Waals surface area contributed by atoms with Gasteiger partial charge in [0.15, 0.2) is 0 Å². The molecule has 0 saturated carbocycles. The van der Waals surface area contributed by atoms with Crippen molar-refractivity contribution in [1.29, 1.82) is 0 Å². The first-order chi connectivity index (χ1) is 14.6. The molecular weight excluding hydrogens is 396 g/mol. The minimum absolute atomic E-state index is 0.0815. The number of thiazole rings is 1. The molecule has 5 rings (SSSR count). The van der Waals surface area contributed by atoms with Gasteiger partial charge in [-0.25, -0.2) is 15.0 Å². The van der Waals surface area contributed by atoms with Crippen molar-refractivity contribution in [2.24, 2.45) is 0 Å². The van der Waals surface area contributed by atoms with Crippen molar-refractivity contribution in [2.75, 3.05) is 5.32 Å². The van der Waals surface area contributed by atoms with Crippen molar-refractivity contribution in [3.8, 4) is 0 Å². The largest absolute Gasteiger partial charge is 0.339 e. The number of anilines is 2. The molecule has 4 heterocycles. The summed E-state index contributed by atoms with van der Waals surface area (Å²) in [6.07, 6.45) is 3.71. The number of nitrogens with one attached hydrogen (secondary N) is 1. The average molecular weight is 417 g/mol. The van der Waals surface area contributed by atoms with Gasteiger partial charge < -0.3 is 10.2 Å². The average Bonchev–Trinajstić information content (AvgIpc) is 3.31. The molecule has 4 aromatic rings. The fraction of sp³-hybridized carbons (Fsp3) is 0.227. The van der Waals surface area contributed by atoms with Crippen molar-refractivity contribution in [3.63, 3.8) is 0 Å². The molecule has 0 atom stereocenters. The number of amides is 1. The number of carbonyl (C=O) groups is 1. The molecule has 0 bridgehead atoms. The van der Waals surface area contributed by atoms with E-state index in [0.29, 0.717) is 19.5 Å². The Labute approximate surface area is 177 Å². The topological polar surface area (TPSA) is 83.9 Å². The quantitative estimate of drug-likeness (QED) is 0.543. The van der Waals surface area contributed by atoms with Crippen LogP contribution in [0.3, 0.4) is 0 Å². The van der Waals surface area contributed by atoms with Crippen LogP contribution in [0.25, 0.3) is 10.9 Å². The van der Waals surface area contributed by atoms with Gasteiger partial charge in [0.05, 0.1) is 53.3 Å². The second-order valence-electron chi connectivity index (χ2n) is 7.36. The van der Waals surface area contributed by atoms with E-state index in [1.165, 1.54) is 0 Å². The lowest BCUT2D eigenvalue weighted by molar-refractivity contribution is -0.131. The monoisotopic (exact) mass is 416 g/mol.